The van der Waals surface area contributed by atoms with Gasteiger partial charge in [0.15, 0.2) is 5.82 Å². The Hall–Kier alpha value is -1.27. The van der Waals surface area contributed by atoms with Gasteiger partial charge in [-0.2, -0.15) is 0 Å². The van der Waals surface area contributed by atoms with Crippen LogP contribution < -0.4 is 5.73 Å². The molecule has 0 fully saturated rings. The number of aryl methyl sites for hydroxylation is 1. The van der Waals surface area contributed by atoms with Gasteiger partial charge in [0.2, 0.25) is 0 Å². The van der Waals surface area contributed by atoms with E-state index in [2.05, 4.69) is 22.4 Å². The SMILES string of the molecule is CCCn1nnnc1CSc1cc(Cl)ccc1N. The molecule has 0 aliphatic carbocycles. The lowest BCUT2D eigenvalue weighted by atomic mass is 10.3. The summed E-state index contributed by atoms with van der Waals surface area (Å²) in [6, 6.07) is 5.44. The van der Waals surface area contributed by atoms with Crippen molar-refractivity contribution in [1.82, 2.24) is 20.2 Å². The first-order chi connectivity index (χ1) is 8.70. The zero-order chi connectivity index (χ0) is 13.0. The minimum atomic E-state index is 0.678. The first kappa shape index (κ1) is 13.2. The van der Waals surface area contributed by atoms with Crippen molar-refractivity contribution < 1.29 is 0 Å². The molecule has 0 bridgehead atoms. The fraction of sp³-hybridized carbons (Fsp3) is 0.364. The van der Waals surface area contributed by atoms with Crippen molar-refractivity contribution in [1.29, 1.82) is 0 Å². The van der Waals surface area contributed by atoms with Crippen LogP contribution in [0.15, 0.2) is 23.1 Å². The van der Waals surface area contributed by atoms with Crippen LogP contribution >= 0.6 is 23.4 Å². The first-order valence-electron chi connectivity index (χ1n) is 5.63. The fourth-order valence-corrected chi connectivity index (χ4v) is 2.66. The molecule has 0 atom stereocenters. The fourth-order valence-electron chi connectivity index (χ4n) is 1.49. The molecule has 2 rings (SSSR count). The maximum Gasteiger partial charge on any atom is 0.161 e. The van der Waals surface area contributed by atoms with Crippen molar-refractivity contribution in [2.45, 2.75) is 30.5 Å². The quantitative estimate of drug-likeness (QED) is 0.675. The second kappa shape index (κ2) is 6.06. The van der Waals surface area contributed by atoms with E-state index in [0.717, 1.165) is 29.4 Å². The maximum absolute atomic E-state index is 5.94. The summed E-state index contributed by atoms with van der Waals surface area (Å²) in [4.78, 5) is 0.952. The predicted octanol–water partition coefficient (Wildman–Crippen LogP) is 2.61. The highest BCUT2D eigenvalue weighted by molar-refractivity contribution is 7.98. The molecule has 1 aromatic carbocycles. The number of hydrogen-bond acceptors (Lipinski definition) is 5. The Kier molecular flexibility index (Phi) is 4.43. The van der Waals surface area contributed by atoms with Crippen molar-refractivity contribution in [2.24, 2.45) is 0 Å². The summed E-state index contributed by atoms with van der Waals surface area (Å²) in [7, 11) is 0. The van der Waals surface area contributed by atoms with E-state index in [0.29, 0.717) is 10.8 Å². The third-order valence-corrected chi connectivity index (χ3v) is 3.68. The number of nitrogen functional groups attached to an aromatic ring is 1. The van der Waals surface area contributed by atoms with Gasteiger partial charge in [0.05, 0.1) is 5.75 Å². The minimum absolute atomic E-state index is 0.678. The third kappa shape index (κ3) is 3.14. The third-order valence-electron chi connectivity index (χ3n) is 2.37. The van der Waals surface area contributed by atoms with Crippen LogP contribution in [0.1, 0.15) is 19.2 Å². The number of rotatable bonds is 5. The van der Waals surface area contributed by atoms with Gasteiger partial charge in [0.25, 0.3) is 0 Å². The van der Waals surface area contributed by atoms with E-state index >= 15 is 0 Å². The lowest BCUT2D eigenvalue weighted by Gasteiger charge is -2.06. The number of tetrazole rings is 1. The number of hydrogen-bond donors (Lipinski definition) is 1. The van der Waals surface area contributed by atoms with Gasteiger partial charge in [0.1, 0.15) is 0 Å². The molecule has 2 aromatic rings. The molecule has 0 aliphatic heterocycles. The molecule has 5 nitrogen and oxygen atoms in total. The smallest absolute Gasteiger partial charge is 0.161 e. The van der Waals surface area contributed by atoms with Crippen LogP contribution in [0.25, 0.3) is 0 Å². The van der Waals surface area contributed by atoms with Crippen molar-refractivity contribution in [3.63, 3.8) is 0 Å². The van der Waals surface area contributed by atoms with Gasteiger partial charge < -0.3 is 5.73 Å². The van der Waals surface area contributed by atoms with Gasteiger partial charge >= 0.3 is 0 Å². The summed E-state index contributed by atoms with van der Waals surface area (Å²) in [5.74, 6) is 1.53. The molecule has 0 spiro atoms. The van der Waals surface area contributed by atoms with E-state index in [1.54, 1.807) is 23.9 Å². The molecule has 0 unspecified atom stereocenters. The first-order valence-corrected chi connectivity index (χ1v) is 7.00. The molecule has 0 saturated carbocycles. The van der Waals surface area contributed by atoms with Gasteiger partial charge in [-0.1, -0.05) is 18.5 Å². The van der Waals surface area contributed by atoms with Crippen molar-refractivity contribution >= 4 is 29.1 Å². The summed E-state index contributed by atoms with van der Waals surface area (Å²) < 4.78 is 1.81. The summed E-state index contributed by atoms with van der Waals surface area (Å²) in [6.45, 7) is 2.92. The zero-order valence-electron chi connectivity index (χ0n) is 10.0. The number of thioether (sulfide) groups is 1. The van der Waals surface area contributed by atoms with Gasteiger partial charge in [-0.15, -0.1) is 16.9 Å². The largest absolute Gasteiger partial charge is 0.398 e. The molecule has 0 saturated heterocycles. The molecule has 7 heteroatoms. The Morgan fingerprint density at radius 2 is 2.28 bits per heavy atom. The second-order valence-electron chi connectivity index (χ2n) is 3.79. The highest BCUT2D eigenvalue weighted by atomic mass is 35.5. The highest BCUT2D eigenvalue weighted by Crippen LogP contribution is 2.29. The second-order valence-corrected chi connectivity index (χ2v) is 5.24. The number of halogens is 1. The Bertz CT molecular complexity index is 528. The van der Waals surface area contributed by atoms with E-state index in [1.165, 1.54) is 0 Å². The van der Waals surface area contributed by atoms with E-state index in [4.69, 9.17) is 17.3 Å². The number of benzene rings is 1. The number of anilines is 1. The van der Waals surface area contributed by atoms with E-state index < -0.39 is 0 Å². The molecular weight excluding hydrogens is 270 g/mol. The van der Waals surface area contributed by atoms with Crippen LogP contribution in [0.4, 0.5) is 5.69 Å². The van der Waals surface area contributed by atoms with Crippen LogP contribution in [0.5, 0.6) is 0 Å². The Morgan fingerprint density at radius 1 is 1.44 bits per heavy atom. The number of nitrogens with zero attached hydrogens (tertiary/aromatic N) is 4. The van der Waals surface area contributed by atoms with Crippen molar-refractivity contribution in [2.75, 3.05) is 5.73 Å². The van der Waals surface area contributed by atoms with E-state index in [9.17, 15) is 0 Å². The van der Waals surface area contributed by atoms with E-state index in [-0.39, 0.29) is 0 Å². The number of nitrogens with two attached hydrogens (primary N) is 1. The lowest BCUT2D eigenvalue weighted by Crippen LogP contribution is -2.04. The average Bonchev–Trinajstić information content (AvgIpc) is 2.78. The lowest BCUT2D eigenvalue weighted by molar-refractivity contribution is 0.564. The standard InChI is InChI=1S/C11H14ClN5S/c1-2-5-17-11(14-15-16-17)7-18-10-6-8(12)3-4-9(10)13/h3-4,6H,2,5,7,13H2,1H3. The van der Waals surface area contributed by atoms with Gasteiger partial charge in [-0.3, -0.25) is 0 Å². The molecular formula is C11H14ClN5S. The molecule has 0 amide bonds. The van der Waals surface area contributed by atoms with Gasteiger partial charge in [0, 0.05) is 22.2 Å². The van der Waals surface area contributed by atoms with Crippen molar-refractivity contribution in [3.05, 3.63) is 29.0 Å². The Morgan fingerprint density at radius 3 is 3.06 bits per heavy atom. The summed E-state index contributed by atoms with van der Waals surface area (Å²) in [6.07, 6.45) is 1.00. The summed E-state index contributed by atoms with van der Waals surface area (Å²) in [5.41, 5.74) is 6.61. The van der Waals surface area contributed by atoms with Crippen LogP contribution in [0.3, 0.4) is 0 Å². The molecule has 1 aromatic heterocycles. The molecule has 0 aliphatic rings. The van der Waals surface area contributed by atoms with Crippen LogP contribution in [0.2, 0.25) is 5.02 Å². The average molecular weight is 284 g/mol. The molecule has 96 valence electrons. The van der Waals surface area contributed by atoms with Crippen LogP contribution in [-0.4, -0.2) is 20.2 Å². The van der Waals surface area contributed by atoms with Gasteiger partial charge in [-0.25, -0.2) is 4.68 Å². The number of aromatic nitrogens is 4. The molecule has 1 heterocycles. The minimum Gasteiger partial charge on any atom is -0.398 e. The molecule has 2 N–H and O–H groups in total. The Labute approximate surface area is 115 Å². The maximum atomic E-state index is 5.94. The summed E-state index contributed by atoms with van der Waals surface area (Å²) in [5, 5.41) is 12.3. The normalized spacial score (nSPS) is 10.8. The van der Waals surface area contributed by atoms with Gasteiger partial charge in [-0.05, 0) is 35.0 Å². The molecule has 0 radical (unpaired) electrons. The molecule has 18 heavy (non-hydrogen) atoms. The van der Waals surface area contributed by atoms with Crippen LogP contribution in [0, 0.1) is 0 Å². The Balaban J connectivity index is 2.06. The van der Waals surface area contributed by atoms with Crippen molar-refractivity contribution in [3.8, 4) is 0 Å². The summed E-state index contributed by atoms with van der Waals surface area (Å²) >= 11 is 7.53. The van der Waals surface area contributed by atoms with Crippen LogP contribution in [-0.2, 0) is 12.3 Å². The monoisotopic (exact) mass is 283 g/mol. The predicted molar refractivity (Wildman–Crippen MR) is 73.5 cm³/mol. The topological polar surface area (TPSA) is 69.6 Å². The highest BCUT2D eigenvalue weighted by Gasteiger charge is 2.08. The zero-order valence-corrected chi connectivity index (χ0v) is 11.6. The van der Waals surface area contributed by atoms with E-state index in [1.807, 2.05) is 10.7 Å².